The molecule has 88 valence electrons. The zero-order valence-electron chi connectivity index (χ0n) is 9.87. The summed E-state index contributed by atoms with van der Waals surface area (Å²) >= 11 is 0. The predicted molar refractivity (Wildman–Crippen MR) is 60.0 cm³/mol. The lowest BCUT2D eigenvalue weighted by molar-refractivity contribution is -0.131. The summed E-state index contributed by atoms with van der Waals surface area (Å²) in [5.41, 5.74) is 0. The summed E-state index contributed by atoms with van der Waals surface area (Å²) in [4.78, 5) is 0. The largest absolute Gasteiger partial charge is 0.377 e. The van der Waals surface area contributed by atoms with Crippen LogP contribution in [-0.4, -0.2) is 38.5 Å². The Morgan fingerprint density at radius 1 is 1.33 bits per heavy atom. The SMILES string of the molecule is CCOC1CC(NCCC2CC2)C1OC. The first-order chi connectivity index (χ1) is 7.35. The third-order valence-corrected chi connectivity index (χ3v) is 3.56. The van der Waals surface area contributed by atoms with Gasteiger partial charge in [0.15, 0.2) is 0 Å². The van der Waals surface area contributed by atoms with Gasteiger partial charge in [0.1, 0.15) is 0 Å². The van der Waals surface area contributed by atoms with E-state index in [1.54, 1.807) is 7.11 Å². The molecule has 2 saturated carbocycles. The number of hydrogen-bond acceptors (Lipinski definition) is 3. The molecule has 2 aliphatic carbocycles. The van der Waals surface area contributed by atoms with Gasteiger partial charge in [0.2, 0.25) is 0 Å². The second kappa shape index (κ2) is 5.28. The second-order valence-electron chi connectivity index (χ2n) is 4.72. The van der Waals surface area contributed by atoms with Crippen molar-refractivity contribution < 1.29 is 9.47 Å². The van der Waals surface area contributed by atoms with Crippen LogP contribution in [0, 0.1) is 5.92 Å². The molecule has 3 heteroatoms. The van der Waals surface area contributed by atoms with Crippen LogP contribution in [0.1, 0.15) is 32.6 Å². The molecule has 1 N–H and O–H groups in total. The molecule has 2 rings (SSSR count). The molecule has 0 aromatic rings. The van der Waals surface area contributed by atoms with Crippen molar-refractivity contribution in [1.29, 1.82) is 0 Å². The fraction of sp³-hybridized carbons (Fsp3) is 1.00. The molecule has 3 nitrogen and oxygen atoms in total. The standard InChI is InChI=1S/C12H23NO2/c1-3-15-11-8-10(12(11)14-2)13-7-6-9-4-5-9/h9-13H,3-8H2,1-2H3. The number of rotatable bonds is 7. The lowest BCUT2D eigenvalue weighted by atomic mass is 9.85. The van der Waals surface area contributed by atoms with Crippen molar-refractivity contribution in [2.45, 2.75) is 50.9 Å². The van der Waals surface area contributed by atoms with E-state index in [-0.39, 0.29) is 6.10 Å². The normalized spacial score (nSPS) is 35.2. The van der Waals surface area contributed by atoms with Crippen molar-refractivity contribution in [2.24, 2.45) is 5.92 Å². The maximum atomic E-state index is 5.59. The number of hydrogen-bond donors (Lipinski definition) is 1. The lowest BCUT2D eigenvalue weighted by Gasteiger charge is -2.43. The highest BCUT2D eigenvalue weighted by atomic mass is 16.5. The smallest absolute Gasteiger partial charge is 0.0986 e. The monoisotopic (exact) mass is 213 g/mol. The minimum absolute atomic E-state index is 0.268. The Labute approximate surface area is 92.5 Å². The van der Waals surface area contributed by atoms with Crippen molar-refractivity contribution in [2.75, 3.05) is 20.3 Å². The molecule has 3 atom stereocenters. The van der Waals surface area contributed by atoms with Crippen molar-refractivity contribution in [3.63, 3.8) is 0 Å². The van der Waals surface area contributed by atoms with Crippen molar-refractivity contribution in [3.8, 4) is 0 Å². The van der Waals surface area contributed by atoms with Crippen LogP contribution in [0.5, 0.6) is 0 Å². The lowest BCUT2D eigenvalue weighted by Crippen LogP contribution is -2.59. The van der Waals surface area contributed by atoms with Gasteiger partial charge in [-0.3, -0.25) is 0 Å². The predicted octanol–water partition coefficient (Wildman–Crippen LogP) is 1.57. The number of ether oxygens (including phenoxy) is 2. The van der Waals surface area contributed by atoms with Crippen LogP contribution in [0.3, 0.4) is 0 Å². The highest BCUT2D eigenvalue weighted by Crippen LogP contribution is 2.32. The van der Waals surface area contributed by atoms with Crippen LogP contribution in [0.15, 0.2) is 0 Å². The molecule has 15 heavy (non-hydrogen) atoms. The van der Waals surface area contributed by atoms with Crippen LogP contribution in [0.25, 0.3) is 0 Å². The van der Waals surface area contributed by atoms with Gasteiger partial charge in [0.05, 0.1) is 12.2 Å². The minimum Gasteiger partial charge on any atom is -0.377 e. The van der Waals surface area contributed by atoms with E-state index >= 15 is 0 Å². The van der Waals surface area contributed by atoms with E-state index in [1.807, 2.05) is 6.92 Å². The average molecular weight is 213 g/mol. The number of nitrogens with one attached hydrogen (secondary N) is 1. The van der Waals surface area contributed by atoms with Gasteiger partial charge in [-0.25, -0.2) is 0 Å². The number of methoxy groups -OCH3 is 1. The Kier molecular flexibility index (Phi) is 4.00. The Bertz CT molecular complexity index is 194. The molecule has 0 bridgehead atoms. The van der Waals surface area contributed by atoms with E-state index in [0.717, 1.165) is 25.5 Å². The summed E-state index contributed by atoms with van der Waals surface area (Å²) in [6.07, 6.45) is 5.93. The fourth-order valence-electron chi connectivity index (χ4n) is 2.35. The quantitative estimate of drug-likeness (QED) is 0.696. The van der Waals surface area contributed by atoms with Crippen LogP contribution in [0.2, 0.25) is 0 Å². The summed E-state index contributed by atoms with van der Waals surface area (Å²) in [5, 5.41) is 3.57. The molecule has 0 heterocycles. The summed E-state index contributed by atoms with van der Waals surface area (Å²) in [6.45, 7) is 3.98. The van der Waals surface area contributed by atoms with Gasteiger partial charge in [-0.1, -0.05) is 12.8 Å². The Morgan fingerprint density at radius 3 is 2.73 bits per heavy atom. The van der Waals surface area contributed by atoms with Gasteiger partial charge in [0, 0.05) is 19.8 Å². The van der Waals surface area contributed by atoms with Crippen LogP contribution < -0.4 is 5.32 Å². The summed E-state index contributed by atoms with van der Waals surface area (Å²) in [5.74, 6) is 1.02. The van der Waals surface area contributed by atoms with Crippen molar-refractivity contribution in [3.05, 3.63) is 0 Å². The molecule has 0 amide bonds. The Morgan fingerprint density at radius 2 is 2.13 bits per heavy atom. The zero-order chi connectivity index (χ0) is 10.7. The van der Waals surface area contributed by atoms with Crippen molar-refractivity contribution >= 4 is 0 Å². The van der Waals surface area contributed by atoms with E-state index in [9.17, 15) is 0 Å². The Hall–Kier alpha value is -0.120. The van der Waals surface area contributed by atoms with Gasteiger partial charge in [-0.05, 0) is 32.2 Å². The van der Waals surface area contributed by atoms with Crippen molar-refractivity contribution in [1.82, 2.24) is 5.32 Å². The van der Waals surface area contributed by atoms with Gasteiger partial charge < -0.3 is 14.8 Å². The van der Waals surface area contributed by atoms with Gasteiger partial charge in [-0.15, -0.1) is 0 Å². The molecule has 2 aliphatic rings. The second-order valence-corrected chi connectivity index (χ2v) is 4.72. The van der Waals surface area contributed by atoms with E-state index in [4.69, 9.17) is 9.47 Å². The minimum atomic E-state index is 0.268. The first-order valence-electron chi connectivity index (χ1n) is 6.23. The molecular weight excluding hydrogens is 190 g/mol. The topological polar surface area (TPSA) is 30.5 Å². The molecular formula is C12H23NO2. The van der Waals surface area contributed by atoms with Crippen LogP contribution in [0.4, 0.5) is 0 Å². The van der Waals surface area contributed by atoms with Crippen LogP contribution in [-0.2, 0) is 9.47 Å². The molecule has 0 radical (unpaired) electrons. The molecule has 0 saturated heterocycles. The van der Waals surface area contributed by atoms with Crippen LogP contribution >= 0.6 is 0 Å². The first-order valence-corrected chi connectivity index (χ1v) is 6.23. The highest BCUT2D eigenvalue weighted by molar-refractivity contribution is 4.97. The highest BCUT2D eigenvalue weighted by Gasteiger charge is 2.41. The maximum absolute atomic E-state index is 5.59. The van der Waals surface area contributed by atoms with E-state index in [1.165, 1.54) is 19.3 Å². The molecule has 3 unspecified atom stereocenters. The third kappa shape index (κ3) is 2.92. The average Bonchev–Trinajstić information content (AvgIpc) is 2.99. The fourth-order valence-corrected chi connectivity index (χ4v) is 2.35. The van der Waals surface area contributed by atoms with E-state index in [2.05, 4.69) is 5.32 Å². The molecule has 0 aromatic heterocycles. The van der Waals surface area contributed by atoms with E-state index < -0.39 is 0 Å². The Balaban J connectivity index is 1.60. The van der Waals surface area contributed by atoms with Gasteiger partial charge >= 0.3 is 0 Å². The third-order valence-electron chi connectivity index (χ3n) is 3.56. The summed E-state index contributed by atoms with van der Waals surface area (Å²) < 4.78 is 11.0. The maximum Gasteiger partial charge on any atom is 0.0986 e. The molecule has 2 fully saturated rings. The molecule has 0 aliphatic heterocycles. The summed E-state index contributed by atoms with van der Waals surface area (Å²) in [6, 6.07) is 0.519. The van der Waals surface area contributed by atoms with Gasteiger partial charge in [-0.2, -0.15) is 0 Å². The van der Waals surface area contributed by atoms with Gasteiger partial charge in [0.25, 0.3) is 0 Å². The molecule has 0 spiro atoms. The molecule has 0 aromatic carbocycles. The van der Waals surface area contributed by atoms with E-state index in [0.29, 0.717) is 12.1 Å². The first kappa shape index (κ1) is 11.4. The zero-order valence-corrected chi connectivity index (χ0v) is 9.87. The summed E-state index contributed by atoms with van der Waals surface area (Å²) in [7, 11) is 1.78.